The summed E-state index contributed by atoms with van der Waals surface area (Å²) in [5, 5.41) is 0. The van der Waals surface area contributed by atoms with E-state index in [1.165, 1.54) is 0 Å². The fourth-order valence-electron chi connectivity index (χ4n) is 0.436. The molecule has 0 aromatic rings. The van der Waals surface area contributed by atoms with E-state index < -0.39 is 0 Å². The van der Waals surface area contributed by atoms with Crippen molar-refractivity contribution in [3.8, 4) is 0 Å². The highest BCUT2D eigenvalue weighted by atomic mass is 16.5. The van der Waals surface area contributed by atoms with Crippen molar-refractivity contribution < 1.29 is 9.53 Å². The molecule has 0 aromatic carbocycles. The van der Waals surface area contributed by atoms with Crippen molar-refractivity contribution in [2.75, 3.05) is 6.61 Å². The van der Waals surface area contributed by atoms with Crippen LogP contribution in [0.1, 0.15) is 20.3 Å². The average molecular weight is 115 g/mol. The zero-order valence-corrected chi connectivity index (χ0v) is 5.31. The molecule has 0 spiro atoms. The number of carbonyl (C=O) groups excluding carboxylic acids is 1. The molecular formula is C6H11O2. The van der Waals surface area contributed by atoms with E-state index in [-0.39, 0.29) is 6.10 Å². The van der Waals surface area contributed by atoms with Crippen molar-refractivity contribution in [2.45, 2.75) is 26.4 Å². The van der Waals surface area contributed by atoms with E-state index in [4.69, 9.17) is 4.74 Å². The quantitative estimate of drug-likeness (QED) is 0.544. The minimum atomic E-state index is -0.306. The Morgan fingerprint density at radius 3 is 2.38 bits per heavy atom. The molecule has 0 amide bonds. The van der Waals surface area contributed by atoms with Crippen molar-refractivity contribution in [3.05, 3.63) is 0 Å². The van der Waals surface area contributed by atoms with Crippen LogP contribution in [0.15, 0.2) is 0 Å². The molecule has 0 bridgehead atoms. The van der Waals surface area contributed by atoms with Gasteiger partial charge in [0.2, 0.25) is 6.29 Å². The smallest absolute Gasteiger partial charge is 0.229 e. The van der Waals surface area contributed by atoms with Crippen molar-refractivity contribution in [2.24, 2.45) is 0 Å². The van der Waals surface area contributed by atoms with Crippen molar-refractivity contribution in [3.63, 3.8) is 0 Å². The first-order valence-corrected chi connectivity index (χ1v) is 2.84. The van der Waals surface area contributed by atoms with Crippen LogP contribution in [0.3, 0.4) is 0 Å². The van der Waals surface area contributed by atoms with Gasteiger partial charge in [-0.25, -0.2) is 0 Å². The van der Waals surface area contributed by atoms with Crippen LogP contribution in [0.2, 0.25) is 0 Å². The number of hydrogen-bond donors (Lipinski definition) is 0. The van der Waals surface area contributed by atoms with Crippen molar-refractivity contribution >= 4 is 6.29 Å². The van der Waals surface area contributed by atoms with Gasteiger partial charge in [-0.3, -0.25) is 4.79 Å². The maximum Gasteiger partial charge on any atom is 0.229 e. The Kier molecular flexibility index (Phi) is 4.56. The third-order valence-electron chi connectivity index (χ3n) is 0.870. The molecule has 0 heterocycles. The lowest BCUT2D eigenvalue weighted by Gasteiger charge is -2.03. The number of hydrogen-bond acceptors (Lipinski definition) is 2. The molecule has 1 radical (unpaired) electrons. The average Bonchev–Trinajstić information content (AvgIpc) is 1.83. The topological polar surface area (TPSA) is 26.3 Å². The van der Waals surface area contributed by atoms with Gasteiger partial charge in [0.05, 0.1) is 0 Å². The summed E-state index contributed by atoms with van der Waals surface area (Å²) in [6, 6.07) is 0. The monoisotopic (exact) mass is 115 g/mol. The summed E-state index contributed by atoms with van der Waals surface area (Å²) < 4.78 is 4.92. The van der Waals surface area contributed by atoms with Crippen LogP contribution >= 0.6 is 0 Å². The van der Waals surface area contributed by atoms with Gasteiger partial charge in [0.15, 0.2) is 0 Å². The van der Waals surface area contributed by atoms with Gasteiger partial charge >= 0.3 is 0 Å². The molecule has 0 fully saturated rings. The van der Waals surface area contributed by atoms with Crippen LogP contribution in [-0.4, -0.2) is 19.0 Å². The van der Waals surface area contributed by atoms with Gasteiger partial charge < -0.3 is 4.74 Å². The molecule has 0 rings (SSSR count). The molecule has 1 atom stereocenters. The van der Waals surface area contributed by atoms with Crippen molar-refractivity contribution in [1.29, 1.82) is 0 Å². The van der Waals surface area contributed by atoms with Gasteiger partial charge in [0.1, 0.15) is 6.10 Å². The van der Waals surface area contributed by atoms with Gasteiger partial charge in [-0.1, -0.05) is 6.92 Å². The Labute approximate surface area is 49.8 Å². The number of rotatable bonds is 4. The Morgan fingerprint density at radius 2 is 2.25 bits per heavy atom. The molecule has 2 heteroatoms. The second kappa shape index (κ2) is 4.78. The fourth-order valence-corrected chi connectivity index (χ4v) is 0.436. The highest BCUT2D eigenvalue weighted by molar-refractivity contribution is 5.56. The maximum atomic E-state index is 9.88. The van der Waals surface area contributed by atoms with Crippen LogP contribution < -0.4 is 0 Å². The van der Waals surface area contributed by atoms with E-state index in [1.807, 2.05) is 13.8 Å². The van der Waals surface area contributed by atoms with E-state index in [0.29, 0.717) is 6.61 Å². The highest BCUT2D eigenvalue weighted by Crippen LogP contribution is 1.91. The summed E-state index contributed by atoms with van der Waals surface area (Å²) in [5.41, 5.74) is 0. The molecule has 0 aliphatic carbocycles. The summed E-state index contributed by atoms with van der Waals surface area (Å²) in [6.45, 7) is 4.35. The Bertz CT molecular complexity index is 61.5. The fraction of sp³-hybridized carbons (Fsp3) is 0.833. The van der Waals surface area contributed by atoms with Gasteiger partial charge in [0.25, 0.3) is 0 Å². The predicted octanol–water partition coefficient (Wildman–Crippen LogP) is 0.911. The second-order valence-corrected chi connectivity index (χ2v) is 1.47. The van der Waals surface area contributed by atoms with E-state index in [9.17, 15) is 4.79 Å². The first kappa shape index (κ1) is 7.63. The Balaban J connectivity index is 3.21. The highest BCUT2D eigenvalue weighted by Gasteiger charge is 2.01. The van der Waals surface area contributed by atoms with E-state index in [1.54, 1.807) is 6.29 Å². The summed E-state index contributed by atoms with van der Waals surface area (Å²) in [5.74, 6) is 0. The minimum Gasteiger partial charge on any atom is -0.370 e. The first-order chi connectivity index (χ1) is 3.85. The molecule has 0 aliphatic rings. The molecule has 8 heavy (non-hydrogen) atoms. The van der Waals surface area contributed by atoms with E-state index in [0.717, 1.165) is 6.42 Å². The van der Waals surface area contributed by atoms with Crippen LogP contribution in [0.5, 0.6) is 0 Å². The van der Waals surface area contributed by atoms with E-state index in [2.05, 4.69) is 0 Å². The lowest BCUT2D eigenvalue weighted by molar-refractivity contribution is 0.105. The summed E-state index contributed by atoms with van der Waals surface area (Å²) in [7, 11) is 0. The maximum absolute atomic E-state index is 9.88. The standard InChI is InChI=1S/C6H11O2/c1-3-6(5-7)8-4-2/h6H,3-4H2,1-2H3. The van der Waals surface area contributed by atoms with E-state index >= 15 is 0 Å². The van der Waals surface area contributed by atoms with Crippen LogP contribution in [0.4, 0.5) is 0 Å². The van der Waals surface area contributed by atoms with Crippen molar-refractivity contribution in [1.82, 2.24) is 0 Å². The molecule has 0 saturated heterocycles. The Hall–Kier alpha value is -0.370. The lowest BCUT2D eigenvalue weighted by Crippen LogP contribution is -2.12. The van der Waals surface area contributed by atoms with Gasteiger partial charge in [-0.05, 0) is 13.3 Å². The van der Waals surface area contributed by atoms with Crippen LogP contribution in [0.25, 0.3) is 0 Å². The summed E-state index contributed by atoms with van der Waals surface area (Å²) in [6.07, 6.45) is 2.19. The van der Waals surface area contributed by atoms with Crippen LogP contribution in [0, 0.1) is 0 Å². The number of ether oxygens (including phenoxy) is 1. The summed E-state index contributed by atoms with van der Waals surface area (Å²) >= 11 is 0. The largest absolute Gasteiger partial charge is 0.370 e. The molecule has 1 unspecified atom stereocenters. The van der Waals surface area contributed by atoms with Gasteiger partial charge in [-0.2, -0.15) is 0 Å². The zero-order chi connectivity index (χ0) is 6.41. The second-order valence-electron chi connectivity index (χ2n) is 1.47. The van der Waals surface area contributed by atoms with Gasteiger partial charge in [0, 0.05) is 6.61 Å². The molecule has 47 valence electrons. The molecule has 2 nitrogen and oxygen atoms in total. The SMILES string of the molecule is CCOC([C]=O)CC. The first-order valence-electron chi connectivity index (χ1n) is 2.84. The Morgan fingerprint density at radius 1 is 1.62 bits per heavy atom. The summed E-state index contributed by atoms with van der Waals surface area (Å²) in [4.78, 5) is 9.88. The molecular weight excluding hydrogens is 104 g/mol. The normalized spacial score (nSPS) is 13.2. The predicted molar refractivity (Wildman–Crippen MR) is 31.4 cm³/mol. The zero-order valence-electron chi connectivity index (χ0n) is 5.31. The van der Waals surface area contributed by atoms with Crippen LogP contribution in [-0.2, 0) is 9.53 Å². The minimum absolute atomic E-state index is 0.306. The lowest BCUT2D eigenvalue weighted by atomic mass is 10.3. The third-order valence-corrected chi connectivity index (χ3v) is 0.870. The molecule has 0 aromatic heterocycles. The third kappa shape index (κ3) is 2.75. The van der Waals surface area contributed by atoms with Gasteiger partial charge in [-0.15, -0.1) is 0 Å². The molecule has 0 aliphatic heterocycles. The molecule has 0 N–H and O–H groups in total. The molecule has 0 saturated carbocycles.